The van der Waals surface area contributed by atoms with E-state index >= 15 is 0 Å². The maximum absolute atomic E-state index is 13.4. The van der Waals surface area contributed by atoms with E-state index in [1.54, 1.807) is 0 Å². The minimum Gasteiger partial charge on any atom is -0.313 e. The fourth-order valence-electron chi connectivity index (χ4n) is 1.84. The summed E-state index contributed by atoms with van der Waals surface area (Å²) in [7, 11) is -3.86. The van der Waals surface area contributed by atoms with Gasteiger partial charge in [-0.3, -0.25) is 9.82 Å². The Bertz CT molecular complexity index is 686. The quantitative estimate of drug-likeness (QED) is 0.681. The maximum atomic E-state index is 13.4. The van der Waals surface area contributed by atoms with Crippen molar-refractivity contribution in [3.8, 4) is 0 Å². The third kappa shape index (κ3) is 4.02. The van der Waals surface area contributed by atoms with Crippen molar-refractivity contribution >= 4 is 15.7 Å². The van der Waals surface area contributed by atoms with Gasteiger partial charge in [-0.2, -0.15) is 5.10 Å². The van der Waals surface area contributed by atoms with Gasteiger partial charge in [0.05, 0.1) is 16.8 Å². The molecule has 6 nitrogen and oxygen atoms in total. The van der Waals surface area contributed by atoms with Crippen LogP contribution >= 0.6 is 0 Å². The third-order valence-electron chi connectivity index (χ3n) is 2.81. The normalized spacial score (nSPS) is 11.5. The second-order valence-corrected chi connectivity index (χ2v) is 6.17. The van der Waals surface area contributed by atoms with E-state index in [9.17, 15) is 12.8 Å². The van der Waals surface area contributed by atoms with Crippen LogP contribution in [0.15, 0.2) is 35.5 Å². The highest BCUT2D eigenvalue weighted by atomic mass is 32.2. The minimum absolute atomic E-state index is 0.0766. The number of nitrogens with zero attached hydrogens (tertiary/aromatic N) is 1. The Labute approximate surface area is 122 Å². The second kappa shape index (κ2) is 6.68. The van der Waals surface area contributed by atoms with Crippen molar-refractivity contribution in [2.75, 3.05) is 11.3 Å². The molecule has 0 saturated carbocycles. The monoisotopic (exact) mass is 312 g/mol. The Morgan fingerprint density at radius 2 is 2.19 bits per heavy atom. The zero-order valence-corrected chi connectivity index (χ0v) is 12.4. The van der Waals surface area contributed by atoms with Crippen molar-refractivity contribution in [1.82, 2.24) is 15.5 Å². The molecule has 1 aromatic heterocycles. The molecular formula is C13H17FN4O2S. The van der Waals surface area contributed by atoms with Crippen LogP contribution in [0, 0.1) is 5.82 Å². The topological polar surface area (TPSA) is 86.9 Å². The van der Waals surface area contributed by atoms with Crippen molar-refractivity contribution in [1.29, 1.82) is 0 Å². The predicted molar refractivity (Wildman–Crippen MR) is 77.8 cm³/mol. The second-order valence-electron chi connectivity index (χ2n) is 4.52. The van der Waals surface area contributed by atoms with Gasteiger partial charge in [0, 0.05) is 12.7 Å². The van der Waals surface area contributed by atoms with E-state index in [0.29, 0.717) is 17.8 Å². The van der Waals surface area contributed by atoms with E-state index in [2.05, 4.69) is 20.2 Å². The number of H-pyrrole nitrogens is 1. The van der Waals surface area contributed by atoms with Gasteiger partial charge in [-0.25, -0.2) is 12.8 Å². The summed E-state index contributed by atoms with van der Waals surface area (Å²) in [6.07, 6.45) is 3.67. The van der Waals surface area contributed by atoms with Gasteiger partial charge >= 0.3 is 0 Å². The standard InChI is InChI=1S/C13H17FN4O2S/c1-2-5-15-7-10-3-4-11(14)6-13(10)21(19,20)18-12-8-16-17-9-12/h3-4,6,8-9,15,18H,2,5,7H2,1H3,(H,16,17). The first-order valence-corrected chi connectivity index (χ1v) is 8.02. The molecule has 0 spiro atoms. The van der Waals surface area contributed by atoms with Gasteiger partial charge in [0.2, 0.25) is 0 Å². The zero-order chi connectivity index (χ0) is 15.3. The number of rotatable bonds is 7. The van der Waals surface area contributed by atoms with Crippen LogP contribution in [0.25, 0.3) is 0 Å². The Morgan fingerprint density at radius 1 is 1.38 bits per heavy atom. The van der Waals surface area contributed by atoms with Crippen LogP contribution in [0.1, 0.15) is 18.9 Å². The van der Waals surface area contributed by atoms with Crippen molar-refractivity contribution in [2.24, 2.45) is 0 Å². The first-order chi connectivity index (χ1) is 10.0. The number of aromatic amines is 1. The van der Waals surface area contributed by atoms with E-state index in [-0.39, 0.29) is 4.90 Å². The number of benzene rings is 1. The fraction of sp³-hybridized carbons (Fsp3) is 0.308. The summed E-state index contributed by atoms with van der Waals surface area (Å²) in [5.41, 5.74) is 0.813. The molecule has 0 bridgehead atoms. The largest absolute Gasteiger partial charge is 0.313 e. The molecular weight excluding hydrogens is 295 g/mol. The van der Waals surface area contributed by atoms with Gasteiger partial charge in [-0.15, -0.1) is 0 Å². The number of anilines is 1. The van der Waals surface area contributed by atoms with Gasteiger partial charge in [-0.05, 0) is 30.7 Å². The molecule has 21 heavy (non-hydrogen) atoms. The highest BCUT2D eigenvalue weighted by Crippen LogP contribution is 2.20. The Kier molecular flexibility index (Phi) is 4.92. The maximum Gasteiger partial charge on any atom is 0.262 e. The molecule has 1 heterocycles. The van der Waals surface area contributed by atoms with Crippen molar-refractivity contribution in [3.05, 3.63) is 42.0 Å². The highest BCUT2D eigenvalue weighted by molar-refractivity contribution is 7.92. The molecule has 0 unspecified atom stereocenters. The average Bonchev–Trinajstić information content (AvgIpc) is 2.92. The molecule has 0 aliphatic carbocycles. The lowest BCUT2D eigenvalue weighted by Gasteiger charge is -2.12. The fourth-order valence-corrected chi connectivity index (χ4v) is 3.13. The first-order valence-electron chi connectivity index (χ1n) is 6.53. The van der Waals surface area contributed by atoms with E-state index < -0.39 is 15.8 Å². The zero-order valence-electron chi connectivity index (χ0n) is 11.6. The molecule has 2 aromatic rings. The van der Waals surface area contributed by atoms with Crippen molar-refractivity contribution in [2.45, 2.75) is 24.8 Å². The smallest absolute Gasteiger partial charge is 0.262 e. The third-order valence-corrected chi connectivity index (χ3v) is 4.27. The van der Waals surface area contributed by atoms with Gasteiger partial charge < -0.3 is 5.32 Å². The van der Waals surface area contributed by atoms with Crippen LogP contribution in [-0.2, 0) is 16.6 Å². The first kappa shape index (κ1) is 15.5. The lowest BCUT2D eigenvalue weighted by atomic mass is 10.2. The number of aromatic nitrogens is 2. The average molecular weight is 312 g/mol. The molecule has 0 atom stereocenters. The molecule has 0 aliphatic heterocycles. The SMILES string of the molecule is CCCNCc1ccc(F)cc1S(=O)(=O)Nc1cn[nH]c1. The van der Waals surface area contributed by atoms with Crippen LogP contribution in [0.4, 0.5) is 10.1 Å². The number of hydrogen-bond donors (Lipinski definition) is 3. The molecule has 8 heteroatoms. The van der Waals surface area contributed by atoms with E-state index in [4.69, 9.17) is 0 Å². The highest BCUT2D eigenvalue weighted by Gasteiger charge is 2.19. The summed E-state index contributed by atoms with van der Waals surface area (Å²) >= 11 is 0. The number of nitrogens with one attached hydrogen (secondary N) is 3. The summed E-state index contributed by atoms with van der Waals surface area (Å²) in [5.74, 6) is -0.596. The van der Waals surface area contributed by atoms with Gasteiger partial charge in [0.1, 0.15) is 5.82 Å². The van der Waals surface area contributed by atoms with Crippen LogP contribution in [0.3, 0.4) is 0 Å². The minimum atomic E-state index is -3.86. The molecule has 2 rings (SSSR count). The Hall–Kier alpha value is -1.93. The summed E-state index contributed by atoms with van der Waals surface area (Å²) in [6, 6.07) is 3.74. The summed E-state index contributed by atoms with van der Waals surface area (Å²) in [4.78, 5) is -0.0766. The Balaban J connectivity index is 2.29. The lowest BCUT2D eigenvalue weighted by molar-refractivity contribution is 0.589. The molecule has 0 radical (unpaired) electrons. The summed E-state index contributed by atoms with van der Waals surface area (Å²) < 4.78 is 40.5. The molecule has 0 saturated heterocycles. The van der Waals surface area contributed by atoms with E-state index in [1.807, 2.05) is 6.92 Å². The number of halogens is 1. The molecule has 0 fully saturated rings. The molecule has 114 valence electrons. The van der Waals surface area contributed by atoms with Crippen molar-refractivity contribution in [3.63, 3.8) is 0 Å². The number of hydrogen-bond acceptors (Lipinski definition) is 4. The van der Waals surface area contributed by atoms with Crippen LogP contribution < -0.4 is 10.0 Å². The van der Waals surface area contributed by atoms with Gasteiger partial charge in [-0.1, -0.05) is 13.0 Å². The van der Waals surface area contributed by atoms with Crippen molar-refractivity contribution < 1.29 is 12.8 Å². The van der Waals surface area contributed by atoms with Crippen LogP contribution in [0.5, 0.6) is 0 Å². The summed E-state index contributed by atoms with van der Waals surface area (Å²) in [5, 5.41) is 9.28. The predicted octanol–water partition coefficient (Wildman–Crippen LogP) is 1.85. The molecule has 3 N–H and O–H groups in total. The van der Waals surface area contributed by atoms with Gasteiger partial charge in [0.15, 0.2) is 0 Å². The molecule has 1 aromatic carbocycles. The number of sulfonamides is 1. The molecule has 0 amide bonds. The van der Waals surface area contributed by atoms with Gasteiger partial charge in [0.25, 0.3) is 10.0 Å². The van der Waals surface area contributed by atoms with E-state index in [1.165, 1.54) is 24.5 Å². The lowest BCUT2D eigenvalue weighted by Crippen LogP contribution is -2.19. The van der Waals surface area contributed by atoms with Crippen LogP contribution in [0.2, 0.25) is 0 Å². The Morgan fingerprint density at radius 3 is 2.86 bits per heavy atom. The van der Waals surface area contributed by atoms with Crippen LogP contribution in [-0.4, -0.2) is 25.2 Å². The molecule has 0 aliphatic rings. The van der Waals surface area contributed by atoms with E-state index in [0.717, 1.165) is 19.0 Å². The summed E-state index contributed by atoms with van der Waals surface area (Å²) in [6.45, 7) is 3.12.